The molecule has 2 amide bonds. The molecular weight excluding hydrogens is 400 g/mol. The number of halogens is 5. The van der Waals surface area contributed by atoms with E-state index in [1.165, 1.54) is 28.0 Å². The van der Waals surface area contributed by atoms with Crippen LogP contribution in [-0.4, -0.2) is 47.8 Å². The minimum absolute atomic E-state index is 0.00697. The zero-order valence-corrected chi connectivity index (χ0v) is 15.2. The quantitative estimate of drug-likeness (QED) is 0.694. The monoisotopic (exact) mass is 414 g/mol. The van der Waals surface area contributed by atoms with Crippen LogP contribution in [-0.2, 0) is 6.18 Å². The number of hydrogen-bond acceptors (Lipinski definition) is 2. The van der Waals surface area contributed by atoms with Crippen molar-refractivity contribution < 1.29 is 27.2 Å². The van der Waals surface area contributed by atoms with Gasteiger partial charge in [-0.2, -0.15) is 13.2 Å². The molecule has 28 heavy (non-hydrogen) atoms. The van der Waals surface area contributed by atoms with Crippen molar-refractivity contribution in [1.82, 2.24) is 9.80 Å². The maximum Gasteiger partial charge on any atom is 0.416 e. The average molecular weight is 415 g/mol. The molecule has 2 aromatic carbocycles. The summed E-state index contributed by atoms with van der Waals surface area (Å²) in [6, 6.07) is 7.70. The summed E-state index contributed by atoms with van der Waals surface area (Å²) in [4.78, 5) is 27.9. The maximum absolute atomic E-state index is 13.1. The summed E-state index contributed by atoms with van der Waals surface area (Å²) < 4.78 is 51.6. The van der Waals surface area contributed by atoms with Crippen LogP contribution in [0.25, 0.3) is 0 Å². The SMILES string of the molecule is O=C(c1cccc(C(F)(F)F)c1)N1CCN(C(=O)c2ccc(F)cc2Cl)CC1. The Kier molecular flexibility index (Phi) is 5.60. The van der Waals surface area contributed by atoms with Crippen molar-refractivity contribution in [3.63, 3.8) is 0 Å². The molecule has 0 aliphatic carbocycles. The Morgan fingerprint density at radius 1 is 0.893 bits per heavy atom. The van der Waals surface area contributed by atoms with E-state index in [0.717, 1.165) is 24.3 Å². The molecule has 0 bridgehead atoms. The molecular formula is C19H15ClF4N2O2. The van der Waals surface area contributed by atoms with E-state index in [2.05, 4.69) is 0 Å². The molecule has 0 N–H and O–H groups in total. The molecule has 2 aromatic rings. The van der Waals surface area contributed by atoms with Gasteiger partial charge in [-0.25, -0.2) is 4.39 Å². The molecule has 1 aliphatic heterocycles. The molecule has 148 valence electrons. The van der Waals surface area contributed by atoms with Gasteiger partial charge in [-0.15, -0.1) is 0 Å². The van der Waals surface area contributed by atoms with Gasteiger partial charge in [0.25, 0.3) is 11.8 Å². The van der Waals surface area contributed by atoms with E-state index in [9.17, 15) is 27.2 Å². The first-order valence-electron chi connectivity index (χ1n) is 8.37. The minimum Gasteiger partial charge on any atom is -0.335 e. The Balaban J connectivity index is 1.67. The van der Waals surface area contributed by atoms with Crippen LogP contribution >= 0.6 is 11.6 Å². The topological polar surface area (TPSA) is 40.6 Å². The van der Waals surface area contributed by atoms with Gasteiger partial charge >= 0.3 is 6.18 Å². The third kappa shape index (κ3) is 4.27. The lowest BCUT2D eigenvalue weighted by Gasteiger charge is -2.35. The zero-order chi connectivity index (χ0) is 20.5. The van der Waals surface area contributed by atoms with Gasteiger partial charge in [-0.05, 0) is 36.4 Å². The predicted molar refractivity (Wildman–Crippen MR) is 94.7 cm³/mol. The highest BCUT2D eigenvalue weighted by Crippen LogP contribution is 2.30. The van der Waals surface area contributed by atoms with Crippen LogP contribution in [0.5, 0.6) is 0 Å². The van der Waals surface area contributed by atoms with Crippen LogP contribution in [0.2, 0.25) is 5.02 Å². The Morgan fingerprint density at radius 2 is 1.50 bits per heavy atom. The summed E-state index contributed by atoms with van der Waals surface area (Å²) in [7, 11) is 0. The second kappa shape index (κ2) is 7.79. The number of alkyl halides is 3. The van der Waals surface area contributed by atoms with Crippen molar-refractivity contribution in [3.05, 3.63) is 70.0 Å². The fourth-order valence-corrected chi connectivity index (χ4v) is 3.21. The molecule has 3 rings (SSSR count). The Morgan fingerprint density at radius 3 is 2.07 bits per heavy atom. The third-order valence-corrected chi connectivity index (χ3v) is 4.77. The van der Waals surface area contributed by atoms with Gasteiger partial charge < -0.3 is 9.80 Å². The van der Waals surface area contributed by atoms with Crippen molar-refractivity contribution in [2.45, 2.75) is 6.18 Å². The Labute approximate surface area is 163 Å². The summed E-state index contributed by atoms with van der Waals surface area (Å²) in [5.74, 6) is -1.48. The standard InChI is InChI=1S/C19H15ClF4N2O2/c20-16-11-14(21)4-5-15(16)18(28)26-8-6-25(7-9-26)17(27)12-2-1-3-13(10-12)19(22,23)24/h1-5,10-11H,6-9H2. The molecule has 9 heteroatoms. The second-order valence-corrected chi connectivity index (χ2v) is 6.69. The third-order valence-electron chi connectivity index (χ3n) is 4.45. The second-order valence-electron chi connectivity index (χ2n) is 6.29. The molecule has 4 nitrogen and oxygen atoms in total. The fourth-order valence-electron chi connectivity index (χ4n) is 2.96. The molecule has 0 saturated carbocycles. The minimum atomic E-state index is -4.53. The molecule has 0 atom stereocenters. The number of hydrogen-bond donors (Lipinski definition) is 0. The fraction of sp³-hybridized carbons (Fsp3) is 0.263. The molecule has 0 radical (unpaired) electrons. The van der Waals surface area contributed by atoms with E-state index < -0.39 is 29.4 Å². The van der Waals surface area contributed by atoms with Gasteiger partial charge in [-0.1, -0.05) is 17.7 Å². The molecule has 0 spiro atoms. The Bertz CT molecular complexity index is 909. The maximum atomic E-state index is 13.1. The average Bonchev–Trinajstić information content (AvgIpc) is 2.66. The van der Waals surface area contributed by atoms with Crippen molar-refractivity contribution in [2.75, 3.05) is 26.2 Å². The molecule has 1 fully saturated rings. The van der Waals surface area contributed by atoms with E-state index >= 15 is 0 Å². The van der Waals surface area contributed by atoms with Gasteiger partial charge in [0.05, 0.1) is 16.1 Å². The van der Waals surface area contributed by atoms with E-state index in [-0.39, 0.29) is 42.3 Å². The van der Waals surface area contributed by atoms with Crippen LogP contribution in [0.3, 0.4) is 0 Å². The van der Waals surface area contributed by atoms with E-state index in [1.807, 2.05) is 0 Å². The van der Waals surface area contributed by atoms with E-state index in [1.54, 1.807) is 0 Å². The Hall–Kier alpha value is -2.61. The summed E-state index contributed by atoms with van der Waals surface area (Å²) in [6.45, 7) is 0.716. The number of amides is 2. The smallest absolute Gasteiger partial charge is 0.335 e. The van der Waals surface area contributed by atoms with Crippen LogP contribution < -0.4 is 0 Å². The predicted octanol–water partition coefficient (Wildman–Crippen LogP) is 4.10. The highest BCUT2D eigenvalue weighted by molar-refractivity contribution is 6.33. The largest absolute Gasteiger partial charge is 0.416 e. The molecule has 0 unspecified atom stereocenters. The number of carbonyl (C=O) groups is 2. The van der Waals surface area contributed by atoms with Crippen molar-refractivity contribution in [3.8, 4) is 0 Å². The number of carbonyl (C=O) groups excluding carboxylic acids is 2. The van der Waals surface area contributed by atoms with Crippen molar-refractivity contribution in [2.24, 2.45) is 0 Å². The van der Waals surface area contributed by atoms with Gasteiger partial charge in [-0.3, -0.25) is 9.59 Å². The first kappa shape index (κ1) is 20.1. The first-order valence-corrected chi connectivity index (χ1v) is 8.75. The lowest BCUT2D eigenvalue weighted by molar-refractivity contribution is -0.137. The van der Waals surface area contributed by atoms with Gasteiger partial charge in [0.2, 0.25) is 0 Å². The van der Waals surface area contributed by atoms with Crippen molar-refractivity contribution >= 4 is 23.4 Å². The first-order chi connectivity index (χ1) is 13.2. The number of benzene rings is 2. The van der Waals surface area contributed by atoms with Crippen LogP contribution in [0.15, 0.2) is 42.5 Å². The number of rotatable bonds is 2. The van der Waals surface area contributed by atoms with Gasteiger partial charge in [0.1, 0.15) is 5.82 Å². The zero-order valence-electron chi connectivity index (χ0n) is 14.5. The highest BCUT2D eigenvalue weighted by atomic mass is 35.5. The molecule has 1 heterocycles. The summed E-state index contributed by atoms with van der Waals surface area (Å²) >= 11 is 5.91. The van der Waals surface area contributed by atoms with Gasteiger partial charge in [0.15, 0.2) is 0 Å². The summed E-state index contributed by atoms with van der Waals surface area (Å²) in [5, 5.41) is -0.00697. The van der Waals surface area contributed by atoms with E-state index in [0.29, 0.717) is 0 Å². The summed E-state index contributed by atoms with van der Waals surface area (Å²) in [5.41, 5.74) is -0.796. The highest BCUT2D eigenvalue weighted by Gasteiger charge is 2.32. The lowest BCUT2D eigenvalue weighted by atomic mass is 10.1. The number of nitrogens with zero attached hydrogens (tertiary/aromatic N) is 2. The van der Waals surface area contributed by atoms with Crippen LogP contribution in [0.1, 0.15) is 26.3 Å². The van der Waals surface area contributed by atoms with Crippen LogP contribution in [0.4, 0.5) is 17.6 Å². The molecule has 0 aromatic heterocycles. The lowest BCUT2D eigenvalue weighted by Crippen LogP contribution is -2.50. The number of piperazine rings is 1. The summed E-state index contributed by atoms with van der Waals surface area (Å²) in [6.07, 6.45) is -4.53. The van der Waals surface area contributed by atoms with Crippen LogP contribution in [0, 0.1) is 5.82 Å². The van der Waals surface area contributed by atoms with Crippen molar-refractivity contribution in [1.29, 1.82) is 0 Å². The molecule has 1 aliphatic rings. The normalized spacial score (nSPS) is 14.9. The van der Waals surface area contributed by atoms with E-state index in [4.69, 9.17) is 11.6 Å². The molecule has 1 saturated heterocycles. The van der Waals surface area contributed by atoms with Gasteiger partial charge in [0, 0.05) is 31.7 Å².